The Balaban J connectivity index is 1.95. The van der Waals surface area contributed by atoms with Crippen molar-refractivity contribution in [3.05, 3.63) is 39.9 Å². The molecule has 1 aliphatic carbocycles. The molecule has 1 fully saturated rings. The van der Waals surface area contributed by atoms with E-state index >= 15 is 0 Å². The van der Waals surface area contributed by atoms with E-state index in [1.54, 1.807) is 6.07 Å². The molecular weight excluding hydrogens is 393 g/mol. The standard InChI is InChI=1S/C15H15Cl2NO6S/c16-10-2-1-3-11(17)13(10)18-25(21,22)12-4-5-15(23-6-7-24-15)8-9(12)14(19)20/h1-3,8,12,18H,4-7H2,(H,19,20). The van der Waals surface area contributed by atoms with Crippen molar-refractivity contribution in [1.29, 1.82) is 0 Å². The van der Waals surface area contributed by atoms with Crippen molar-refractivity contribution >= 4 is 44.9 Å². The van der Waals surface area contributed by atoms with Gasteiger partial charge in [-0.15, -0.1) is 0 Å². The lowest BCUT2D eigenvalue weighted by atomic mass is 9.94. The molecule has 0 bridgehead atoms. The molecule has 1 aromatic rings. The zero-order valence-corrected chi connectivity index (χ0v) is 15.2. The fraction of sp³-hybridized carbons (Fsp3) is 0.400. The number of hydrogen-bond acceptors (Lipinski definition) is 5. The van der Waals surface area contributed by atoms with Crippen molar-refractivity contribution in [3.8, 4) is 0 Å². The van der Waals surface area contributed by atoms with Gasteiger partial charge in [-0.05, 0) is 24.6 Å². The number of hydrogen-bond donors (Lipinski definition) is 2. The third kappa shape index (κ3) is 3.63. The zero-order chi connectivity index (χ0) is 18.2. The van der Waals surface area contributed by atoms with Crippen LogP contribution < -0.4 is 4.72 Å². The van der Waals surface area contributed by atoms with Crippen LogP contribution in [0.5, 0.6) is 0 Å². The quantitative estimate of drug-likeness (QED) is 0.795. The maximum Gasteiger partial charge on any atom is 0.332 e. The molecule has 0 amide bonds. The normalized spacial score (nSPS) is 22.6. The number of ether oxygens (including phenoxy) is 2. The van der Waals surface area contributed by atoms with Gasteiger partial charge in [0, 0.05) is 6.42 Å². The molecule has 1 aromatic carbocycles. The predicted octanol–water partition coefficient (Wildman–Crippen LogP) is 2.65. The first-order valence-corrected chi connectivity index (χ1v) is 9.74. The fourth-order valence-corrected chi connectivity index (χ4v) is 5.10. The van der Waals surface area contributed by atoms with Crippen molar-refractivity contribution in [1.82, 2.24) is 0 Å². The third-order valence-corrected chi connectivity index (χ3v) is 6.44. The molecule has 136 valence electrons. The Bertz CT molecular complexity index is 812. The average Bonchev–Trinajstić information content (AvgIpc) is 2.98. The number of carbonyl (C=O) groups is 1. The highest BCUT2D eigenvalue weighted by Crippen LogP contribution is 2.38. The molecule has 0 radical (unpaired) electrons. The maximum absolute atomic E-state index is 12.8. The van der Waals surface area contributed by atoms with E-state index in [2.05, 4.69) is 4.72 Å². The second kappa shape index (κ2) is 6.77. The maximum atomic E-state index is 12.8. The van der Waals surface area contributed by atoms with Gasteiger partial charge in [-0.25, -0.2) is 13.2 Å². The minimum absolute atomic E-state index is 0.0178. The number of carboxylic acids is 1. The van der Waals surface area contributed by atoms with Crippen LogP contribution in [-0.2, 0) is 24.3 Å². The van der Waals surface area contributed by atoms with Crippen LogP contribution in [0.3, 0.4) is 0 Å². The van der Waals surface area contributed by atoms with Crippen molar-refractivity contribution in [2.75, 3.05) is 17.9 Å². The van der Waals surface area contributed by atoms with Crippen molar-refractivity contribution in [3.63, 3.8) is 0 Å². The Kier molecular flexibility index (Phi) is 5.00. The molecule has 1 spiro atoms. The molecule has 2 N–H and O–H groups in total. The van der Waals surface area contributed by atoms with E-state index in [0.717, 1.165) is 0 Å². The topological polar surface area (TPSA) is 102 Å². The molecule has 2 aliphatic rings. The van der Waals surface area contributed by atoms with E-state index < -0.39 is 27.0 Å². The molecule has 10 heteroatoms. The van der Waals surface area contributed by atoms with Crippen LogP contribution in [0, 0.1) is 0 Å². The first-order chi connectivity index (χ1) is 11.7. The van der Waals surface area contributed by atoms with Gasteiger partial charge in [0.05, 0.1) is 34.5 Å². The Morgan fingerprint density at radius 2 is 1.84 bits per heavy atom. The number of benzene rings is 1. The number of nitrogens with one attached hydrogen (secondary N) is 1. The van der Waals surface area contributed by atoms with E-state index in [1.165, 1.54) is 18.2 Å². The van der Waals surface area contributed by atoms with Gasteiger partial charge in [-0.3, -0.25) is 4.72 Å². The summed E-state index contributed by atoms with van der Waals surface area (Å²) < 4.78 is 38.8. The number of anilines is 1. The lowest BCUT2D eigenvalue weighted by molar-refractivity contribution is -0.138. The lowest BCUT2D eigenvalue weighted by Gasteiger charge is -2.32. The van der Waals surface area contributed by atoms with E-state index in [9.17, 15) is 18.3 Å². The van der Waals surface area contributed by atoms with Gasteiger partial charge >= 0.3 is 5.97 Å². The van der Waals surface area contributed by atoms with Crippen molar-refractivity contribution < 1.29 is 27.8 Å². The number of para-hydroxylation sites is 1. The second-order valence-corrected chi connectivity index (χ2v) is 8.36. The molecule has 7 nitrogen and oxygen atoms in total. The van der Waals surface area contributed by atoms with Crippen LogP contribution in [0.2, 0.25) is 10.0 Å². The molecule has 1 aliphatic heterocycles. The van der Waals surface area contributed by atoms with Crippen LogP contribution in [-0.4, -0.2) is 43.7 Å². The van der Waals surface area contributed by atoms with Crippen molar-refractivity contribution in [2.24, 2.45) is 0 Å². The minimum atomic E-state index is -4.10. The molecular formula is C15H15Cl2NO6S. The average molecular weight is 408 g/mol. The SMILES string of the molecule is O=C(O)C1=CC2(CCC1S(=O)(=O)Nc1c(Cl)cccc1Cl)OCCO2. The molecule has 1 unspecified atom stereocenters. The molecule has 1 heterocycles. The monoisotopic (exact) mass is 407 g/mol. The molecule has 1 atom stereocenters. The van der Waals surface area contributed by atoms with Gasteiger partial charge in [-0.2, -0.15) is 0 Å². The van der Waals surface area contributed by atoms with Crippen LogP contribution in [0.4, 0.5) is 5.69 Å². The number of sulfonamides is 1. The second-order valence-electron chi connectivity index (χ2n) is 5.68. The third-order valence-electron chi connectivity index (χ3n) is 4.08. The first kappa shape index (κ1) is 18.5. The molecule has 3 rings (SSSR count). The van der Waals surface area contributed by atoms with Gasteiger partial charge < -0.3 is 14.6 Å². The van der Waals surface area contributed by atoms with Crippen LogP contribution >= 0.6 is 23.2 Å². The van der Waals surface area contributed by atoms with Gasteiger partial charge in [-0.1, -0.05) is 29.3 Å². The van der Waals surface area contributed by atoms with Crippen LogP contribution in [0.15, 0.2) is 29.8 Å². The van der Waals surface area contributed by atoms with E-state index in [1.807, 2.05) is 0 Å². The van der Waals surface area contributed by atoms with Gasteiger partial charge in [0.15, 0.2) is 5.79 Å². The van der Waals surface area contributed by atoms with E-state index in [0.29, 0.717) is 13.2 Å². The zero-order valence-electron chi connectivity index (χ0n) is 12.9. The highest BCUT2D eigenvalue weighted by Gasteiger charge is 2.45. The smallest absolute Gasteiger partial charge is 0.332 e. The largest absolute Gasteiger partial charge is 0.478 e. The number of rotatable bonds is 4. The summed E-state index contributed by atoms with van der Waals surface area (Å²) in [6, 6.07) is 4.54. The minimum Gasteiger partial charge on any atom is -0.478 e. The fourth-order valence-electron chi connectivity index (χ4n) is 2.92. The molecule has 0 saturated carbocycles. The molecule has 25 heavy (non-hydrogen) atoms. The number of aliphatic carboxylic acids is 1. The summed E-state index contributed by atoms with van der Waals surface area (Å²) in [6.45, 7) is 0.655. The highest BCUT2D eigenvalue weighted by molar-refractivity contribution is 7.93. The van der Waals surface area contributed by atoms with Crippen LogP contribution in [0.1, 0.15) is 12.8 Å². The first-order valence-electron chi connectivity index (χ1n) is 7.44. The summed E-state index contributed by atoms with van der Waals surface area (Å²) in [5.74, 6) is -2.51. The lowest BCUT2D eigenvalue weighted by Crippen LogP contribution is -2.41. The summed E-state index contributed by atoms with van der Waals surface area (Å²) >= 11 is 12.0. The Hall–Kier alpha value is -1.32. The Morgan fingerprint density at radius 3 is 2.40 bits per heavy atom. The molecule has 0 aromatic heterocycles. The van der Waals surface area contributed by atoms with Gasteiger partial charge in [0.25, 0.3) is 0 Å². The summed E-state index contributed by atoms with van der Waals surface area (Å²) in [5.41, 5.74) is -0.284. The van der Waals surface area contributed by atoms with Crippen LogP contribution in [0.25, 0.3) is 0 Å². The summed E-state index contributed by atoms with van der Waals surface area (Å²) in [6.07, 6.45) is 1.49. The number of carboxylic acid groups (broad SMARTS) is 1. The Morgan fingerprint density at radius 1 is 1.24 bits per heavy atom. The Labute approximate surface area is 154 Å². The van der Waals surface area contributed by atoms with Crippen molar-refractivity contribution in [2.45, 2.75) is 23.9 Å². The van der Waals surface area contributed by atoms with E-state index in [-0.39, 0.29) is 34.1 Å². The highest BCUT2D eigenvalue weighted by atomic mass is 35.5. The summed E-state index contributed by atoms with van der Waals surface area (Å²) in [5, 5.41) is 8.42. The predicted molar refractivity (Wildman–Crippen MR) is 92.4 cm³/mol. The number of halogens is 2. The molecule has 1 saturated heterocycles. The van der Waals surface area contributed by atoms with Gasteiger partial charge in [0.1, 0.15) is 5.25 Å². The summed E-state index contributed by atoms with van der Waals surface area (Å²) in [4.78, 5) is 11.6. The summed E-state index contributed by atoms with van der Waals surface area (Å²) in [7, 11) is -4.10. The van der Waals surface area contributed by atoms with Gasteiger partial charge in [0.2, 0.25) is 10.0 Å². The van der Waals surface area contributed by atoms with E-state index in [4.69, 9.17) is 32.7 Å².